The summed E-state index contributed by atoms with van der Waals surface area (Å²) in [4.78, 5) is 42.0. The number of aromatic nitrogens is 2. The molecule has 2 aromatic carbocycles. The van der Waals surface area contributed by atoms with Gasteiger partial charge in [-0.15, -0.1) is 0 Å². The van der Waals surface area contributed by atoms with Gasteiger partial charge in [-0.1, -0.05) is 38.1 Å². The first kappa shape index (κ1) is 33.2. The topological polar surface area (TPSA) is 149 Å². The van der Waals surface area contributed by atoms with Crippen LogP contribution in [0.25, 0.3) is 11.3 Å². The van der Waals surface area contributed by atoms with E-state index in [0.29, 0.717) is 51.1 Å². The van der Waals surface area contributed by atoms with E-state index in [2.05, 4.69) is 34.6 Å². The molecule has 0 spiro atoms. The van der Waals surface area contributed by atoms with Crippen molar-refractivity contribution < 1.29 is 22.7 Å². The molecular formula is C35H41N7O5S. The number of benzene rings is 2. The van der Waals surface area contributed by atoms with Crippen LogP contribution in [0.2, 0.25) is 0 Å². The molecule has 3 aliphatic rings. The average Bonchev–Trinajstić information content (AvgIpc) is 3.03. The Bertz CT molecular complexity index is 1840. The van der Waals surface area contributed by atoms with Crippen molar-refractivity contribution in [1.82, 2.24) is 24.7 Å². The van der Waals surface area contributed by atoms with Crippen LogP contribution < -0.4 is 9.46 Å². The molecule has 0 aliphatic carbocycles. The second-order valence-electron chi connectivity index (χ2n) is 13.4. The summed E-state index contributed by atoms with van der Waals surface area (Å²) < 4.78 is 36.1. The molecule has 1 atom stereocenters. The number of carbonyl (C=O) groups excluding carboxylic acids is 2. The molecule has 6 rings (SSSR count). The van der Waals surface area contributed by atoms with Crippen molar-refractivity contribution in [3.8, 4) is 23.2 Å². The Morgan fingerprint density at radius 1 is 1.04 bits per heavy atom. The van der Waals surface area contributed by atoms with Crippen LogP contribution in [-0.4, -0.2) is 89.9 Å². The second kappa shape index (κ2) is 13.4. The minimum Gasteiger partial charge on any atom is -0.475 e. The number of likely N-dealkylation sites (tertiary alicyclic amines) is 2. The first-order valence-electron chi connectivity index (χ1n) is 16.4. The van der Waals surface area contributed by atoms with E-state index in [9.17, 15) is 23.3 Å². The normalized spacial score (nSPS) is 20.0. The van der Waals surface area contributed by atoms with Gasteiger partial charge in [0.2, 0.25) is 11.8 Å². The van der Waals surface area contributed by atoms with E-state index in [1.54, 1.807) is 32.9 Å². The number of rotatable bonds is 4. The highest BCUT2D eigenvalue weighted by Crippen LogP contribution is 2.32. The molecule has 48 heavy (non-hydrogen) atoms. The van der Waals surface area contributed by atoms with Crippen LogP contribution >= 0.6 is 0 Å². The van der Waals surface area contributed by atoms with Gasteiger partial charge in [0.25, 0.3) is 15.9 Å². The predicted octanol–water partition coefficient (Wildman–Crippen LogP) is 4.85. The summed E-state index contributed by atoms with van der Waals surface area (Å²) in [7, 11) is -4.18. The molecule has 252 valence electrons. The maximum atomic E-state index is 14.4. The summed E-state index contributed by atoms with van der Waals surface area (Å²) in [6.45, 7) is 9.92. The molecule has 0 radical (unpaired) electrons. The van der Waals surface area contributed by atoms with E-state index in [0.717, 1.165) is 16.7 Å². The minimum absolute atomic E-state index is 0.0308. The molecule has 2 fully saturated rings. The third-order valence-electron chi connectivity index (χ3n) is 9.33. The Labute approximate surface area is 281 Å². The van der Waals surface area contributed by atoms with Crippen LogP contribution in [0.5, 0.6) is 5.88 Å². The van der Waals surface area contributed by atoms with E-state index < -0.39 is 16.1 Å². The maximum absolute atomic E-state index is 14.4. The van der Waals surface area contributed by atoms with Gasteiger partial charge in [-0.3, -0.25) is 4.79 Å². The maximum Gasteiger partial charge on any atom is 0.320 e. The molecule has 12 nitrogen and oxygen atoms in total. The number of ether oxygens (including phenoxy) is 1. The number of urea groups is 1. The molecule has 0 unspecified atom stereocenters. The number of carbonyl (C=O) groups is 2. The smallest absolute Gasteiger partial charge is 0.320 e. The van der Waals surface area contributed by atoms with E-state index in [1.807, 2.05) is 32.0 Å². The van der Waals surface area contributed by atoms with Crippen LogP contribution in [0.3, 0.4) is 0 Å². The summed E-state index contributed by atoms with van der Waals surface area (Å²) in [6, 6.07) is 15.0. The SMILES string of the molecule is Cc1cccc(C)c1-c1cc2nc(n1)NS(=O)(=O)c1cccc(c1)C(=O)N(C1CN(C(=O)N3CCC(C#N)CC3)C1)[C@H](CC(C)C)CO2. The summed E-state index contributed by atoms with van der Waals surface area (Å²) in [5.41, 5.74) is 3.51. The largest absolute Gasteiger partial charge is 0.475 e. The summed E-state index contributed by atoms with van der Waals surface area (Å²) >= 11 is 0. The lowest BCUT2D eigenvalue weighted by molar-refractivity contribution is 0.00306. The number of anilines is 1. The Morgan fingerprint density at radius 3 is 2.40 bits per heavy atom. The average molecular weight is 672 g/mol. The van der Waals surface area contributed by atoms with Gasteiger partial charge < -0.3 is 19.4 Å². The van der Waals surface area contributed by atoms with Crippen molar-refractivity contribution in [2.24, 2.45) is 11.8 Å². The number of fused-ring (bicyclic) bond motifs is 4. The van der Waals surface area contributed by atoms with E-state index in [1.165, 1.54) is 12.1 Å². The molecule has 4 heterocycles. The highest BCUT2D eigenvalue weighted by atomic mass is 32.2. The molecular weight excluding hydrogens is 630 g/mol. The van der Waals surface area contributed by atoms with Gasteiger partial charge in [-0.05, 0) is 68.4 Å². The first-order valence-corrected chi connectivity index (χ1v) is 17.9. The van der Waals surface area contributed by atoms with Gasteiger partial charge >= 0.3 is 6.03 Å². The zero-order valence-electron chi connectivity index (χ0n) is 27.7. The minimum atomic E-state index is -4.18. The molecule has 3 aliphatic heterocycles. The van der Waals surface area contributed by atoms with Crippen molar-refractivity contribution in [3.63, 3.8) is 0 Å². The van der Waals surface area contributed by atoms with Gasteiger partial charge in [-0.25, -0.2) is 22.9 Å². The molecule has 3 amide bonds. The molecule has 0 saturated carbocycles. The lowest BCUT2D eigenvalue weighted by atomic mass is 9.96. The number of hydrogen-bond acceptors (Lipinski definition) is 8. The number of sulfonamides is 1. The van der Waals surface area contributed by atoms with Gasteiger partial charge in [-0.2, -0.15) is 10.2 Å². The Balaban J connectivity index is 1.36. The van der Waals surface area contributed by atoms with Gasteiger partial charge in [0.15, 0.2) is 0 Å². The lowest BCUT2D eigenvalue weighted by Gasteiger charge is -2.49. The zero-order chi connectivity index (χ0) is 34.2. The van der Waals surface area contributed by atoms with Crippen molar-refractivity contribution in [2.45, 2.75) is 63.9 Å². The zero-order valence-corrected chi connectivity index (χ0v) is 28.5. The van der Waals surface area contributed by atoms with E-state index in [-0.39, 0.29) is 58.7 Å². The van der Waals surface area contributed by atoms with Gasteiger partial charge in [0.05, 0.1) is 28.7 Å². The fourth-order valence-corrected chi connectivity index (χ4v) is 7.81. The first-order chi connectivity index (χ1) is 22.9. The second-order valence-corrected chi connectivity index (χ2v) is 15.0. The third kappa shape index (κ3) is 6.80. The van der Waals surface area contributed by atoms with Crippen LogP contribution in [0.4, 0.5) is 10.7 Å². The fourth-order valence-electron chi connectivity index (χ4n) is 6.82. The van der Waals surface area contributed by atoms with E-state index in [4.69, 9.17) is 4.74 Å². The highest BCUT2D eigenvalue weighted by molar-refractivity contribution is 7.92. The Hall–Kier alpha value is -4.70. The van der Waals surface area contributed by atoms with Crippen LogP contribution in [0, 0.1) is 37.0 Å². The molecule has 3 aromatic rings. The van der Waals surface area contributed by atoms with Crippen molar-refractivity contribution >= 4 is 27.9 Å². The summed E-state index contributed by atoms with van der Waals surface area (Å²) in [6.07, 6.45) is 1.92. The number of nitrogens with zero attached hydrogens (tertiary/aromatic N) is 6. The van der Waals surface area contributed by atoms with Crippen LogP contribution in [0.15, 0.2) is 53.4 Å². The number of nitriles is 1. The van der Waals surface area contributed by atoms with Crippen molar-refractivity contribution in [2.75, 3.05) is 37.5 Å². The number of amides is 3. The van der Waals surface area contributed by atoms with Gasteiger partial charge in [0.1, 0.15) is 6.61 Å². The predicted molar refractivity (Wildman–Crippen MR) is 180 cm³/mol. The molecule has 4 bridgehead atoms. The monoisotopic (exact) mass is 671 g/mol. The van der Waals surface area contributed by atoms with Crippen LogP contribution in [-0.2, 0) is 10.0 Å². The van der Waals surface area contributed by atoms with Crippen LogP contribution in [0.1, 0.15) is 54.6 Å². The molecule has 2 saturated heterocycles. The highest BCUT2D eigenvalue weighted by Gasteiger charge is 2.43. The molecule has 13 heteroatoms. The molecule has 1 aromatic heterocycles. The van der Waals surface area contributed by atoms with Gasteiger partial charge in [0, 0.05) is 49.3 Å². The Kier molecular flexibility index (Phi) is 9.29. The standard InChI is InChI=1S/C35H41N7O5S/c1-22(2)15-27-21-47-31-17-30(32-23(3)7-5-8-24(32)4)37-34(38-31)39-48(45,46)29-10-6-9-26(16-29)33(43)42(27)28-19-41(20-28)35(44)40-13-11-25(18-36)12-14-40/h5-10,16-17,22,25,27-28H,11-15,19-21H2,1-4H3,(H,37,38,39)/t27-/m1/s1. The Morgan fingerprint density at radius 2 is 1.73 bits per heavy atom. The number of nitrogens with one attached hydrogen (secondary N) is 1. The lowest BCUT2D eigenvalue weighted by Crippen LogP contribution is -2.67. The quantitative estimate of drug-likeness (QED) is 0.414. The molecule has 1 N–H and O–H groups in total. The summed E-state index contributed by atoms with van der Waals surface area (Å²) in [5.74, 6) is -0.120. The number of aryl methyl sites for hydroxylation is 2. The number of piperidine rings is 1. The fraction of sp³-hybridized carbons (Fsp3) is 0.457. The third-order valence-corrected chi connectivity index (χ3v) is 10.7. The number of hydrogen-bond donors (Lipinski definition) is 1. The van der Waals surface area contributed by atoms with Crippen molar-refractivity contribution in [3.05, 3.63) is 65.2 Å². The van der Waals surface area contributed by atoms with E-state index >= 15 is 0 Å². The van der Waals surface area contributed by atoms with Crippen molar-refractivity contribution in [1.29, 1.82) is 5.26 Å². The summed E-state index contributed by atoms with van der Waals surface area (Å²) in [5, 5.41) is 9.25.